The van der Waals surface area contributed by atoms with Crippen molar-refractivity contribution in [3.8, 4) is 10.6 Å². The zero-order valence-corrected chi connectivity index (χ0v) is 12.0. The number of nitrogens with zero attached hydrogens (tertiary/aromatic N) is 3. The number of aromatic nitrogens is 2. The molecule has 0 atom stereocenters. The molecule has 0 spiro atoms. The van der Waals surface area contributed by atoms with Gasteiger partial charge in [-0.15, -0.1) is 10.2 Å². The third-order valence-corrected chi connectivity index (χ3v) is 4.92. The maximum absolute atomic E-state index is 10.8. The fraction of sp³-hybridized carbons (Fsp3) is 0.429. The lowest BCUT2D eigenvalue weighted by molar-refractivity contribution is -0.385. The maximum atomic E-state index is 10.8. The van der Waals surface area contributed by atoms with Gasteiger partial charge in [-0.25, -0.2) is 0 Å². The fourth-order valence-corrected chi connectivity index (χ4v) is 3.69. The molecule has 0 saturated heterocycles. The van der Waals surface area contributed by atoms with Crippen molar-refractivity contribution in [2.24, 2.45) is 0 Å². The Bertz CT molecular complexity index is 648. The van der Waals surface area contributed by atoms with Crippen molar-refractivity contribution in [2.75, 3.05) is 0 Å². The molecular weight excluding hydrogens is 274 g/mol. The lowest BCUT2D eigenvalue weighted by Gasteiger charge is -2.01. The number of benzene rings is 1. The number of aryl methyl sites for hydroxylation is 1. The van der Waals surface area contributed by atoms with Crippen LogP contribution < -0.4 is 0 Å². The van der Waals surface area contributed by atoms with Crippen LogP contribution in [-0.2, 0) is 0 Å². The van der Waals surface area contributed by atoms with Crippen molar-refractivity contribution in [3.63, 3.8) is 0 Å². The molecule has 1 aliphatic rings. The second-order valence-corrected chi connectivity index (χ2v) is 6.19. The number of nitro groups is 1. The molecule has 104 valence electrons. The summed E-state index contributed by atoms with van der Waals surface area (Å²) in [4.78, 5) is 10.5. The van der Waals surface area contributed by atoms with Gasteiger partial charge in [0.25, 0.3) is 5.69 Å². The van der Waals surface area contributed by atoms with E-state index in [1.807, 2.05) is 6.07 Å². The molecule has 0 radical (unpaired) electrons. The van der Waals surface area contributed by atoms with Crippen LogP contribution in [0.25, 0.3) is 10.6 Å². The molecule has 0 bridgehead atoms. The largest absolute Gasteiger partial charge is 0.272 e. The van der Waals surface area contributed by atoms with Crippen LogP contribution in [0.5, 0.6) is 0 Å². The van der Waals surface area contributed by atoms with Gasteiger partial charge in [-0.2, -0.15) is 0 Å². The smallest absolute Gasteiger partial charge is 0.258 e. The molecule has 1 fully saturated rings. The number of hydrogen-bond acceptors (Lipinski definition) is 5. The van der Waals surface area contributed by atoms with Gasteiger partial charge in [0.05, 0.1) is 4.92 Å². The van der Waals surface area contributed by atoms with Crippen molar-refractivity contribution in [2.45, 2.75) is 38.5 Å². The molecule has 1 aromatic carbocycles. The van der Waals surface area contributed by atoms with Gasteiger partial charge in [0.15, 0.2) is 0 Å². The van der Waals surface area contributed by atoms with Crippen LogP contribution in [0, 0.1) is 17.0 Å². The summed E-state index contributed by atoms with van der Waals surface area (Å²) in [7, 11) is 0. The molecule has 0 N–H and O–H groups in total. The zero-order chi connectivity index (χ0) is 14.1. The first kappa shape index (κ1) is 13.2. The van der Waals surface area contributed by atoms with Gasteiger partial charge in [-0.1, -0.05) is 24.2 Å². The van der Waals surface area contributed by atoms with E-state index in [9.17, 15) is 10.1 Å². The topological polar surface area (TPSA) is 68.9 Å². The molecule has 5 nitrogen and oxygen atoms in total. The SMILES string of the molecule is Cc1cc(-c2nnc(C3CCCC3)s2)ccc1[N+](=O)[O-]. The predicted molar refractivity (Wildman–Crippen MR) is 77.9 cm³/mol. The fourth-order valence-electron chi connectivity index (χ4n) is 2.68. The molecule has 1 saturated carbocycles. The highest BCUT2D eigenvalue weighted by atomic mass is 32.1. The first-order valence-electron chi connectivity index (χ1n) is 6.74. The lowest BCUT2D eigenvalue weighted by atomic mass is 10.1. The lowest BCUT2D eigenvalue weighted by Crippen LogP contribution is -1.91. The van der Waals surface area contributed by atoms with Gasteiger partial charge in [0.1, 0.15) is 10.0 Å². The zero-order valence-electron chi connectivity index (χ0n) is 11.2. The summed E-state index contributed by atoms with van der Waals surface area (Å²) in [6.45, 7) is 1.75. The van der Waals surface area contributed by atoms with Gasteiger partial charge in [-0.3, -0.25) is 10.1 Å². The van der Waals surface area contributed by atoms with Gasteiger partial charge >= 0.3 is 0 Å². The van der Waals surface area contributed by atoms with E-state index in [2.05, 4.69) is 10.2 Å². The minimum absolute atomic E-state index is 0.147. The van der Waals surface area contributed by atoms with Crippen LogP contribution in [0.4, 0.5) is 5.69 Å². The highest BCUT2D eigenvalue weighted by Gasteiger charge is 2.21. The van der Waals surface area contributed by atoms with E-state index in [1.54, 1.807) is 30.4 Å². The van der Waals surface area contributed by atoms with Gasteiger partial charge in [0.2, 0.25) is 0 Å². The summed E-state index contributed by atoms with van der Waals surface area (Å²) >= 11 is 1.61. The van der Waals surface area contributed by atoms with E-state index in [1.165, 1.54) is 25.7 Å². The Labute approximate surface area is 120 Å². The van der Waals surface area contributed by atoms with Crippen LogP contribution >= 0.6 is 11.3 Å². The average molecular weight is 289 g/mol. The molecule has 1 aliphatic carbocycles. The van der Waals surface area contributed by atoms with E-state index < -0.39 is 0 Å². The van der Waals surface area contributed by atoms with E-state index in [4.69, 9.17) is 0 Å². The number of nitro benzene ring substituents is 1. The summed E-state index contributed by atoms with van der Waals surface area (Å²) in [6, 6.07) is 5.11. The summed E-state index contributed by atoms with van der Waals surface area (Å²) in [5.41, 5.74) is 1.72. The normalized spacial score (nSPS) is 15.7. The number of hydrogen-bond donors (Lipinski definition) is 0. The van der Waals surface area contributed by atoms with Crippen molar-refractivity contribution in [1.82, 2.24) is 10.2 Å². The van der Waals surface area contributed by atoms with Crippen molar-refractivity contribution >= 4 is 17.0 Å². The highest BCUT2D eigenvalue weighted by Crippen LogP contribution is 2.37. The highest BCUT2D eigenvalue weighted by molar-refractivity contribution is 7.14. The molecule has 3 rings (SSSR count). The maximum Gasteiger partial charge on any atom is 0.272 e. The van der Waals surface area contributed by atoms with Gasteiger partial charge in [0, 0.05) is 23.1 Å². The summed E-state index contributed by atoms with van der Waals surface area (Å²) in [5, 5.41) is 21.3. The third-order valence-electron chi connectivity index (χ3n) is 3.79. The Morgan fingerprint density at radius 3 is 2.70 bits per heavy atom. The van der Waals surface area contributed by atoms with Crippen LogP contribution in [0.2, 0.25) is 0 Å². The first-order chi connectivity index (χ1) is 9.65. The van der Waals surface area contributed by atoms with E-state index in [-0.39, 0.29) is 10.6 Å². The monoisotopic (exact) mass is 289 g/mol. The quantitative estimate of drug-likeness (QED) is 0.630. The summed E-state index contributed by atoms with van der Waals surface area (Å²) < 4.78 is 0. The molecule has 1 heterocycles. The molecule has 0 unspecified atom stereocenters. The van der Waals surface area contributed by atoms with E-state index in [0.29, 0.717) is 11.5 Å². The minimum atomic E-state index is -0.358. The van der Waals surface area contributed by atoms with Crippen molar-refractivity contribution in [3.05, 3.63) is 38.9 Å². The molecule has 6 heteroatoms. The molecular formula is C14H15N3O2S. The third kappa shape index (κ3) is 2.43. The standard InChI is InChI=1S/C14H15N3O2S/c1-9-8-11(6-7-12(9)17(18)19)14-16-15-13(20-14)10-4-2-3-5-10/h6-8,10H,2-5H2,1H3. The number of rotatable bonds is 3. The van der Waals surface area contributed by atoms with Crippen LogP contribution in [0.1, 0.15) is 42.2 Å². The second kappa shape index (κ2) is 5.28. The first-order valence-corrected chi connectivity index (χ1v) is 7.55. The van der Waals surface area contributed by atoms with Crippen molar-refractivity contribution in [1.29, 1.82) is 0 Å². The minimum Gasteiger partial charge on any atom is -0.258 e. The van der Waals surface area contributed by atoms with Gasteiger partial charge in [-0.05, 0) is 31.9 Å². The molecule has 20 heavy (non-hydrogen) atoms. The average Bonchev–Trinajstić information content (AvgIpc) is 3.09. The van der Waals surface area contributed by atoms with Crippen LogP contribution in [0.15, 0.2) is 18.2 Å². The van der Waals surface area contributed by atoms with Crippen LogP contribution in [-0.4, -0.2) is 15.1 Å². The summed E-state index contributed by atoms with van der Waals surface area (Å²) in [5.74, 6) is 0.556. The Kier molecular flexibility index (Phi) is 3.48. The van der Waals surface area contributed by atoms with Crippen LogP contribution in [0.3, 0.4) is 0 Å². The Balaban J connectivity index is 1.89. The Morgan fingerprint density at radius 1 is 1.30 bits per heavy atom. The Hall–Kier alpha value is -1.82. The van der Waals surface area contributed by atoms with Crippen molar-refractivity contribution < 1.29 is 4.92 Å². The molecule has 0 amide bonds. The molecule has 0 aliphatic heterocycles. The Morgan fingerprint density at radius 2 is 2.05 bits per heavy atom. The van der Waals surface area contributed by atoms with Gasteiger partial charge < -0.3 is 0 Å². The molecule has 1 aromatic heterocycles. The molecule has 2 aromatic rings. The summed E-state index contributed by atoms with van der Waals surface area (Å²) in [6.07, 6.45) is 4.95. The predicted octanol–water partition coefficient (Wildman–Crippen LogP) is 4.08. The van der Waals surface area contributed by atoms with E-state index in [0.717, 1.165) is 15.6 Å². The van der Waals surface area contributed by atoms with E-state index >= 15 is 0 Å². The second-order valence-electron chi connectivity index (χ2n) is 5.19.